The first-order chi connectivity index (χ1) is 18.9. The quantitative estimate of drug-likeness (QED) is 0.236. The van der Waals surface area contributed by atoms with Crippen molar-refractivity contribution in [3.8, 4) is 22.5 Å². The first-order valence-electron chi connectivity index (χ1n) is 13.0. The SMILES string of the molecule is c1ccc(-n2c3ccccc3c3ccc(-c4ccc(-n5c6ccccc6c6ccccc65)cc4)cc32)cc1. The molecule has 6 aromatic carbocycles. The largest absolute Gasteiger partial charge is 0.309 e. The van der Waals surface area contributed by atoms with Crippen LogP contribution in [0.25, 0.3) is 66.1 Å². The molecule has 0 saturated heterocycles. The molecule has 2 heteroatoms. The van der Waals surface area contributed by atoms with E-state index in [0.717, 1.165) is 0 Å². The molecule has 0 spiro atoms. The van der Waals surface area contributed by atoms with Crippen LogP contribution in [0, 0.1) is 0 Å². The number of fused-ring (bicyclic) bond motifs is 6. The first kappa shape index (κ1) is 21.0. The van der Waals surface area contributed by atoms with E-state index in [2.05, 4.69) is 155 Å². The number of hydrogen-bond donors (Lipinski definition) is 0. The van der Waals surface area contributed by atoms with Crippen LogP contribution < -0.4 is 0 Å². The van der Waals surface area contributed by atoms with Gasteiger partial charge in [-0.15, -0.1) is 0 Å². The number of para-hydroxylation sites is 4. The van der Waals surface area contributed by atoms with Gasteiger partial charge < -0.3 is 9.13 Å². The predicted octanol–water partition coefficient (Wildman–Crippen LogP) is 9.55. The van der Waals surface area contributed by atoms with E-state index < -0.39 is 0 Å². The van der Waals surface area contributed by atoms with Gasteiger partial charge in [-0.1, -0.05) is 97.1 Å². The van der Waals surface area contributed by atoms with Crippen molar-refractivity contribution >= 4 is 43.6 Å². The van der Waals surface area contributed by atoms with Crippen LogP contribution in [0.2, 0.25) is 0 Å². The van der Waals surface area contributed by atoms with E-state index in [1.54, 1.807) is 0 Å². The maximum atomic E-state index is 2.38. The van der Waals surface area contributed by atoms with Crippen LogP contribution in [0.15, 0.2) is 146 Å². The number of nitrogens with zero attached hydrogens (tertiary/aromatic N) is 2. The zero-order chi connectivity index (χ0) is 25.1. The van der Waals surface area contributed by atoms with Crippen LogP contribution >= 0.6 is 0 Å². The first-order valence-corrected chi connectivity index (χ1v) is 13.0. The van der Waals surface area contributed by atoms with Crippen molar-refractivity contribution in [3.05, 3.63) is 146 Å². The fourth-order valence-corrected chi connectivity index (χ4v) is 6.01. The standard InChI is InChI=1S/C36H24N2/c1-2-10-27(11-3-1)38-35-17-9-6-14-31(35)32-23-20-26(24-36(32)38)25-18-21-28(22-19-25)37-33-15-7-4-12-29(33)30-13-5-8-16-34(30)37/h1-24H. The van der Waals surface area contributed by atoms with Gasteiger partial charge in [0.05, 0.1) is 22.1 Å². The lowest BCUT2D eigenvalue weighted by Crippen LogP contribution is -1.94. The minimum atomic E-state index is 1.17. The maximum absolute atomic E-state index is 2.38. The van der Waals surface area contributed by atoms with Crippen LogP contribution in [-0.2, 0) is 0 Å². The van der Waals surface area contributed by atoms with Crippen molar-refractivity contribution in [2.75, 3.05) is 0 Å². The molecule has 8 rings (SSSR count). The van der Waals surface area contributed by atoms with E-state index >= 15 is 0 Å². The van der Waals surface area contributed by atoms with Crippen molar-refractivity contribution < 1.29 is 0 Å². The highest BCUT2D eigenvalue weighted by molar-refractivity contribution is 6.11. The van der Waals surface area contributed by atoms with Gasteiger partial charge in [0, 0.05) is 32.9 Å². The molecule has 178 valence electrons. The molecular formula is C36H24N2. The molecule has 38 heavy (non-hydrogen) atoms. The summed E-state index contributed by atoms with van der Waals surface area (Å²) in [5.74, 6) is 0. The zero-order valence-electron chi connectivity index (χ0n) is 20.8. The van der Waals surface area contributed by atoms with Gasteiger partial charge in [-0.2, -0.15) is 0 Å². The molecule has 0 aliphatic rings. The lowest BCUT2D eigenvalue weighted by molar-refractivity contribution is 1.18. The Morgan fingerprint density at radius 2 is 0.711 bits per heavy atom. The molecule has 0 aliphatic carbocycles. The highest BCUT2D eigenvalue weighted by atomic mass is 15.0. The van der Waals surface area contributed by atoms with Gasteiger partial charge in [-0.3, -0.25) is 0 Å². The number of hydrogen-bond acceptors (Lipinski definition) is 0. The average Bonchev–Trinajstić information content (AvgIpc) is 3.50. The van der Waals surface area contributed by atoms with E-state index in [9.17, 15) is 0 Å². The minimum Gasteiger partial charge on any atom is -0.309 e. The van der Waals surface area contributed by atoms with Crippen molar-refractivity contribution in [2.24, 2.45) is 0 Å². The molecule has 0 amide bonds. The Labute approximate surface area is 220 Å². The smallest absolute Gasteiger partial charge is 0.0547 e. The summed E-state index contributed by atoms with van der Waals surface area (Å²) >= 11 is 0. The molecule has 2 aromatic heterocycles. The minimum absolute atomic E-state index is 1.17. The van der Waals surface area contributed by atoms with Crippen molar-refractivity contribution in [3.63, 3.8) is 0 Å². The molecule has 0 aliphatic heterocycles. The van der Waals surface area contributed by atoms with Gasteiger partial charge in [0.15, 0.2) is 0 Å². The number of benzene rings is 6. The van der Waals surface area contributed by atoms with Crippen molar-refractivity contribution in [1.82, 2.24) is 9.13 Å². The highest BCUT2D eigenvalue weighted by Gasteiger charge is 2.14. The van der Waals surface area contributed by atoms with Crippen molar-refractivity contribution in [2.45, 2.75) is 0 Å². The third-order valence-corrected chi connectivity index (χ3v) is 7.73. The average molecular weight is 485 g/mol. The van der Waals surface area contributed by atoms with Crippen LogP contribution in [0.1, 0.15) is 0 Å². The topological polar surface area (TPSA) is 9.86 Å². The summed E-state index contributed by atoms with van der Waals surface area (Å²) in [6, 6.07) is 52.5. The summed E-state index contributed by atoms with van der Waals surface area (Å²) < 4.78 is 4.74. The van der Waals surface area contributed by atoms with Crippen molar-refractivity contribution in [1.29, 1.82) is 0 Å². The molecule has 0 N–H and O–H groups in total. The molecule has 2 heterocycles. The van der Waals surface area contributed by atoms with Gasteiger partial charge in [0.25, 0.3) is 0 Å². The Bertz CT molecular complexity index is 2060. The van der Waals surface area contributed by atoms with Crippen LogP contribution in [0.4, 0.5) is 0 Å². The normalized spacial score (nSPS) is 11.7. The van der Waals surface area contributed by atoms with Gasteiger partial charge in [-0.25, -0.2) is 0 Å². The molecule has 2 nitrogen and oxygen atoms in total. The highest BCUT2D eigenvalue weighted by Crippen LogP contribution is 2.36. The van der Waals surface area contributed by atoms with Crippen LogP contribution in [0.5, 0.6) is 0 Å². The molecule has 0 fully saturated rings. The van der Waals surface area contributed by atoms with Gasteiger partial charge in [0.2, 0.25) is 0 Å². The van der Waals surface area contributed by atoms with Crippen LogP contribution in [-0.4, -0.2) is 9.13 Å². The molecule has 8 aromatic rings. The summed E-state index contributed by atoms with van der Waals surface area (Å²) in [6.07, 6.45) is 0. The molecule has 0 unspecified atom stereocenters. The summed E-state index contributed by atoms with van der Waals surface area (Å²) in [5, 5.41) is 5.12. The third-order valence-electron chi connectivity index (χ3n) is 7.73. The predicted molar refractivity (Wildman–Crippen MR) is 161 cm³/mol. The lowest BCUT2D eigenvalue weighted by Gasteiger charge is -2.11. The second-order valence-electron chi connectivity index (χ2n) is 9.84. The van der Waals surface area contributed by atoms with Crippen LogP contribution in [0.3, 0.4) is 0 Å². The fourth-order valence-electron chi connectivity index (χ4n) is 6.01. The lowest BCUT2D eigenvalue weighted by atomic mass is 10.0. The van der Waals surface area contributed by atoms with E-state index in [1.165, 1.54) is 66.1 Å². The van der Waals surface area contributed by atoms with E-state index in [0.29, 0.717) is 0 Å². The zero-order valence-corrected chi connectivity index (χ0v) is 20.8. The Morgan fingerprint density at radius 3 is 1.29 bits per heavy atom. The number of rotatable bonds is 3. The molecular weight excluding hydrogens is 460 g/mol. The van der Waals surface area contributed by atoms with E-state index in [4.69, 9.17) is 0 Å². The summed E-state index contributed by atoms with van der Waals surface area (Å²) in [4.78, 5) is 0. The molecule has 0 atom stereocenters. The van der Waals surface area contributed by atoms with Gasteiger partial charge in [-0.05, 0) is 59.7 Å². The van der Waals surface area contributed by atoms with E-state index in [1.807, 2.05) is 0 Å². The Kier molecular flexibility index (Phi) is 4.55. The number of aromatic nitrogens is 2. The van der Waals surface area contributed by atoms with E-state index in [-0.39, 0.29) is 0 Å². The monoisotopic (exact) mass is 484 g/mol. The summed E-state index contributed by atoms with van der Waals surface area (Å²) in [5.41, 5.74) is 9.69. The van der Waals surface area contributed by atoms with Gasteiger partial charge in [0.1, 0.15) is 0 Å². The van der Waals surface area contributed by atoms with Gasteiger partial charge >= 0.3 is 0 Å². The molecule has 0 radical (unpaired) electrons. The third kappa shape index (κ3) is 3.07. The Hall–Kier alpha value is -5.08. The Balaban J connectivity index is 1.29. The second kappa shape index (κ2) is 8.22. The molecule has 0 bridgehead atoms. The maximum Gasteiger partial charge on any atom is 0.0547 e. The summed E-state index contributed by atoms with van der Waals surface area (Å²) in [6.45, 7) is 0. The fraction of sp³-hybridized carbons (Fsp3) is 0. The summed E-state index contributed by atoms with van der Waals surface area (Å²) in [7, 11) is 0. The Morgan fingerprint density at radius 1 is 0.289 bits per heavy atom. The second-order valence-corrected chi connectivity index (χ2v) is 9.84. The molecule has 0 saturated carbocycles.